The van der Waals surface area contributed by atoms with Gasteiger partial charge in [0.2, 0.25) is 0 Å². The van der Waals surface area contributed by atoms with E-state index in [9.17, 15) is 0 Å². The number of nitrogens with two attached hydrogens (primary N) is 1. The van der Waals surface area contributed by atoms with E-state index in [4.69, 9.17) is 10.5 Å². The van der Waals surface area contributed by atoms with E-state index >= 15 is 0 Å². The summed E-state index contributed by atoms with van der Waals surface area (Å²) < 4.78 is 5.57. The summed E-state index contributed by atoms with van der Waals surface area (Å²) >= 11 is 0. The number of hydrogen-bond donors (Lipinski definition) is 1. The summed E-state index contributed by atoms with van der Waals surface area (Å²) in [6.07, 6.45) is 0. The van der Waals surface area contributed by atoms with Crippen LogP contribution in [-0.4, -0.2) is 7.11 Å². The Morgan fingerprint density at radius 2 is 1.70 bits per heavy atom. The molecule has 0 fully saturated rings. The Bertz CT molecular complexity index is 629. The van der Waals surface area contributed by atoms with Crippen molar-refractivity contribution >= 4 is 0 Å². The quantitative estimate of drug-likeness (QED) is 0.918. The first-order valence-electron chi connectivity index (χ1n) is 6.88. The fourth-order valence-electron chi connectivity index (χ4n) is 2.87. The van der Waals surface area contributed by atoms with Gasteiger partial charge in [-0.15, -0.1) is 0 Å². The van der Waals surface area contributed by atoms with Crippen molar-refractivity contribution in [2.75, 3.05) is 7.11 Å². The molecule has 0 amide bonds. The highest BCUT2D eigenvalue weighted by molar-refractivity contribution is 5.51. The maximum atomic E-state index is 6.68. The van der Waals surface area contributed by atoms with E-state index in [0.717, 1.165) is 22.4 Å². The Hall–Kier alpha value is -1.80. The third-order valence-electron chi connectivity index (χ3n) is 3.80. The molecule has 106 valence electrons. The molecule has 0 spiro atoms. The summed E-state index contributed by atoms with van der Waals surface area (Å²) in [5, 5.41) is 0. The zero-order valence-corrected chi connectivity index (χ0v) is 12.9. The van der Waals surface area contributed by atoms with Gasteiger partial charge in [-0.3, -0.25) is 0 Å². The third-order valence-corrected chi connectivity index (χ3v) is 3.80. The van der Waals surface area contributed by atoms with Gasteiger partial charge in [-0.25, -0.2) is 0 Å². The number of aryl methyl sites for hydroxylation is 3. The maximum absolute atomic E-state index is 6.68. The van der Waals surface area contributed by atoms with E-state index in [1.54, 1.807) is 7.11 Å². The van der Waals surface area contributed by atoms with Gasteiger partial charge in [-0.1, -0.05) is 35.9 Å². The Balaban J connectivity index is 2.65. The predicted molar refractivity (Wildman–Crippen MR) is 84.3 cm³/mol. The average Bonchev–Trinajstić information content (AvgIpc) is 2.37. The summed E-state index contributed by atoms with van der Waals surface area (Å²) in [5.41, 5.74) is 11.8. The summed E-state index contributed by atoms with van der Waals surface area (Å²) in [7, 11) is 1.70. The van der Waals surface area contributed by atoms with Crippen molar-refractivity contribution in [1.29, 1.82) is 0 Å². The topological polar surface area (TPSA) is 35.2 Å². The smallest absolute Gasteiger partial charge is 0.124 e. The van der Waals surface area contributed by atoms with Crippen molar-refractivity contribution in [3.8, 4) is 5.75 Å². The molecule has 0 aliphatic heterocycles. The summed E-state index contributed by atoms with van der Waals surface area (Å²) in [6, 6.07) is 12.5. The highest BCUT2D eigenvalue weighted by atomic mass is 16.5. The van der Waals surface area contributed by atoms with Crippen LogP contribution in [0, 0.1) is 20.8 Å². The monoisotopic (exact) mass is 269 g/mol. The van der Waals surface area contributed by atoms with E-state index in [1.165, 1.54) is 11.1 Å². The molecule has 2 aromatic rings. The predicted octanol–water partition coefficient (Wildman–Crippen LogP) is 3.84. The fraction of sp³-hybridized carbons (Fsp3) is 0.333. The molecule has 2 rings (SSSR count). The third kappa shape index (κ3) is 2.56. The Morgan fingerprint density at radius 3 is 2.30 bits per heavy atom. The van der Waals surface area contributed by atoms with E-state index < -0.39 is 5.54 Å². The lowest BCUT2D eigenvalue weighted by molar-refractivity contribution is 0.397. The molecule has 0 aliphatic carbocycles. The largest absolute Gasteiger partial charge is 0.496 e. The van der Waals surface area contributed by atoms with Crippen molar-refractivity contribution in [3.63, 3.8) is 0 Å². The molecule has 0 bridgehead atoms. The first-order valence-corrected chi connectivity index (χ1v) is 6.88. The van der Waals surface area contributed by atoms with Gasteiger partial charge in [0.05, 0.1) is 12.6 Å². The molecule has 0 heterocycles. The molecule has 1 unspecified atom stereocenters. The molecule has 2 aromatic carbocycles. The number of benzene rings is 2. The normalized spacial score (nSPS) is 13.9. The van der Waals surface area contributed by atoms with Crippen LogP contribution in [0.15, 0.2) is 36.4 Å². The molecule has 0 aromatic heterocycles. The van der Waals surface area contributed by atoms with E-state index in [-0.39, 0.29) is 0 Å². The number of hydrogen-bond acceptors (Lipinski definition) is 2. The van der Waals surface area contributed by atoms with Crippen LogP contribution < -0.4 is 10.5 Å². The molecular formula is C18H23NO. The summed E-state index contributed by atoms with van der Waals surface area (Å²) in [4.78, 5) is 0. The van der Waals surface area contributed by atoms with Crippen molar-refractivity contribution in [3.05, 3.63) is 64.2 Å². The molecular weight excluding hydrogens is 246 g/mol. The molecule has 2 N–H and O–H groups in total. The Labute approximate surface area is 121 Å². The second-order valence-corrected chi connectivity index (χ2v) is 5.73. The highest BCUT2D eigenvalue weighted by Gasteiger charge is 2.29. The van der Waals surface area contributed by atoms with E-state index in [1.807, 2.05) is 19.1 Å². The van der Waals surface area contributed by atoms with Crippen molar-refractivity contribution in [2.24, 2.45) is 5.73 Å². The molecule has 0 saturated heterocycles. The standard InChI is InChI=1S/C18H23NO/c1-12-7-6-8-15(10-12)18(4,19)17-14(3)9-13(2)11-16(17)20-5/h6-11H,19H2,1-5H3. The van der Waals surface area contributed by atoms with Crippen LogP contribution in [0.1, 0.15) is 34.7 Å². The van der Waals surface area contributed by atoms with E-state index in [2.05, 4.69) is 45.0 Å². The van der Waals surface area contributed by atoms with Crippen LogP contribution in [0.25, 0.3) is 0 Å². The molecule has 0 aliphatic rings. The van der Waals surface area contributed by atoms with Crippen LogP contribution in [0.4, 0.5) is 0 Å². The van der Waals surface area contributed by atoms with Crippen LogP contribution in [0.3, 0.4) is 0 Å². The van der Waals surface area contributed by atoms with Crippen LogP contribution in [-0.2, 0) is 5.54 Å². The minimum Gasteiger partial charge on any atom is -0.496 e. The molecule has 2 nitrogen and oxygen atoms in total. The number of ether oxygens (including phenoxy) is 1. The zero-order chi connectivity index (χ0) is 14.9. The first-order chi connectivity index (χ1) is 9.36. The molecule has 2 heteroatoms. The van der Waals surface area contributed by atoms with Gasteiger partial charge < -0.3 is 10.5 Å². The lowest BCUT2D eigenvalue weighted by Crippen LogP contribution is -2.35. The lowest BCUT2D eigenvalue weighted by atomic mass is 9.81. The van der Waals surface area contributed by atoms with E-state index in [0.29, 0.717) is 0 Å². The van der Waals surface area contributed by atoms with Crippen molar-refractivity contribution in [2.45, 2.75) is 33.2 Å². The fourth-order valence-corrected chi connectivity index (χ4v) is 2.87. The summed E-state index contributed by atoms with van der Waals surface area (Å²) in [6.45, 7) is 8.28. The average molecular weight is 269 g/mol. The van der Waals surface area contributed by atoms with Gasteiger partial charge in [0.25, 0.3) is 0 Å². The van der Waals surface area contributed by atoms with Gasteiger partial charge in [-0.05, 0) is 50.5 Å². The van der Waals surface area contributed by atoms with Gasteiger partial charge >= 0.3 is 0 Å². The Morgan fingerprint density at radius 1 is 1.00 bits per heavy atom. The maximum Gasteiger partial charge on any atom is 0.124 e. The SMILES string of the molecule is COc1cc(C)cc(C)c1C(C)(N)c1cccc(C)c1. The van der Waals surface area contributed by atoms with Crippen LogP contribution in [0.2, 0.25) is 0 Å². The van der Waals surface area contributed by atoms with Crippen LogP contribution in [0.5, 0.6) is 5.75 Å². The zero-order valence-electron chi connectivity index (χ0n) is 12.9. The lowest BCUT2D eigenvalue weighted by Gasteiger charge is -2.30. The Kier molecular flexibility index (Phi) is 3.87. The molecule has 1 atom stereocenters. The van der Waals surface area contributed by atoms with Gasteiger partial charge in [0.15, 0.2) is 0 Å². The molecule has 20 heavy (non-hydrogen) atoms. The molecule has 0 radical (unpaired) electrons. The number of rotatable bonds is 3. The molecule has 0 saturated carbocycles. The number of methoxy groups -OCH3 is 1. The van der Waals surface area contributed by atoms with Gasteiger partial charge in [-0.2, -0.15) is 0 Å². The van der Waals surface area contributed by atoms with Gasteiger partial charge in [0.1, 0.15) is 5.75 Å². The highest BCUT2D eigenvalue weighted by Crippen LogP contribution is 2.36. The minimum absolute atomic E-state index is 0.574. The van der Waals surface area contributed by atoms with Crippen molar-refractivity contribution < 1.29 is 4.74 Å². The second kappa shape index (κ2) is 5.29. The minimum atomic E-state index is -0.574. The second-order valence-electron chi connectivity index (χ2n) is 5.73. The van der Waals surface area contributed by atoms with Gasteiger partial charge in [0, 0.05) is 5.56 Å². The van der Waals surface area contributed by atoms with Crippen LogP contribution >= 0.6 is 0 Å². The first kappa shape index (κ1) is 14.6. The van der Waals surface area contributed by atoms with Crippen molar-refractivity contribution in [1.82, 2.24) is 0 Å². The summed E-state index contributed by atoms with van der Waals surface area (Å²) in [5.74, 6) is 0.856.